The van der Waals surface area contributed by atoms with E-state index < -0.39 is 34.1 Å². The van der Waals surface area contributed by atoms with Crippen molar-refractivity contribution in [1.82, 2.24) is 19.5 Å². The van der Waals surface area contributed by atoms with Crippen molar-refractivity contribution in [3.05, 3.63) is 138 Å². The van der Waals surface area contributed by atoms with Crippen molar-refractivity contribution in [1.29, 1.82) is 0 Å². The highest BCUT2D eigenvalue weighted by Gasteiger charge is 2.42. The molecule has 0 amide bonds. The number of nitrogens with zero attached hydrogens (tertiary/aromatic N) is 4. The van der Waals surface area contributed by atoms with Crippen LogP contribution in [-0.2, 0) is 25.1 Å². The molecule has 7 rings (SSSR count). The summed E-state index contributed by atoms with van der Waals surface area (Å²) in [5, 5.41) is 11.3. The topological polar surface area (TPSA) is 147 Å². The summed E-state index contributed by atoms with van der Waals surface area (Å²) in [7, 11) is -0.699. The molecule has 1 fully saturated rings. The monoisotopic (exact) mass is 707 g/mol. The van der Waals surface area contributed by atoms with Crippen LogP contribution in [0.2, 0.25) is 0 Å². The fourth-order valence-corrected chi connectivity index (χ4v) is 7.37. The minimum Gasteiger partial charge on any atom is -0.497 e. The number of nitrogens with one attached hydrogen (secondary N) is 1. The van der Waals surface area contributed by atoms with Gasteiger partial charge in [0.25, 0.3) is 10.0 Å². The van der Waals surface area contributed by atoms with Crippen molar-refractivity contribution in [3.8, 4) is 11.5 Å². The molecule has 51 heavy (non-hydrogen) atoms. The van der Waals surface area contributed by atoms with E-state index in [9.17, 15) is 13.5 Å². The number of aliphatic hydroxyl groups excluding tert-OH is 1. The van der Waals surface area contributed by atoms with Crippen LogP contribution in [0.15, 0.2) is 121 Å². The van der Waals surface area contributed by atoms with Crippen LogP contribution < -0.4 is 14.2 Å². The lowest BCUT2D eigenvalue weighted by Gasteiger charge is -2.37. The Morgan fingerprint density at radius 2 is 1.45 bits per heavy atom. The Morgan fingerprint density at radius 3 is 2.06 bits per heavy atom. The first kappa shape index (κ1) is 34.1. The van der Waals surface area contributed by atoms with Crippen LogP contribution in [0, 0.1) is 6.92 Å². The Kier molecular flexibility index (Phi) is 9.44. The number of sulfonamides is 1. The van der Waals surface area contributed by atoms with Crippen molar-refractivity contribution in [2.45, 2.75) is 42.3 Å². The molecule has 3 heterocycles. The summed E-state index contributed by atoms with van der Waals surface area (Å²) in [4.78, 5) is 13.1. The minimum absolute atomic E-state index is 0.0217. The number of aryl methyl sites for hydroxylation is 1. The smallest absolute Gasteiger partial charge is 0.263 e. The van der Waals surface area contributed by atoms with Gasteiger partial charge in [0.05, 0.1) is 38.2 Å². The van der Waals surface area contributed by atoms with Gasteiger partial charge in [-0.05, 0) is 60.0 Å². The highest BCUT2D eigenvalue weighted by atomic mass is 32.2. The zero-order valence-electron chi connectivity index (χ0n) is 28.2. The van der Waals surface area contributed by atoms with Gasteiger partial charge in [0.1, 0.15) is 35.8 Å². The van der Waals surface area contributed by atoms with Crippen LogP contribution >= 0.6 is 0 Å². The molecule has 4 aromatic carbocycles. The quantitative estimate of drug-likeness (QED) is 0.154. The number of hydrogen-bond donors (Lipinski definition) is 2. The third-order valence-electron chi connectivity index (χ3n) is 9.07. The van der Waals surface area contributed by atoms with Gasteiger partial charge in [0.2, 0.25) is 0 Å². The van der Waals surface area contributed by atoms with Crippen molar-refractivity contribution in [2.75, 3.05) is 25.5 Å². The first-order chi connectivity index (χ1) is 24.7. The zero-order valence-corrected chi connectivity index (χ0v) is 29.0. The lowest BCUT2D eigenvalue weighted by Crippen LogP contribution is -2.38. The second kappa shape index (κ2) is 14.1. The number of ether oxygens (including phenoxy) is 4. The van der Waals surface area contributed by atoms with Crippen molar-refractivity contribution in [2.24, 2.45) is 0 Å². The molecule has 12 nitrogen and oxygen atoms in total. The SMILES string of the molecule is COc1ccc(C(OC[C@H]2O[C@@H](n3cnc4c(NS(=O)(=O)c5ccc(C)cc5)ncnc43)C[C@@H]2O)(c2ccccc2)c2ccc(OC)cc2)cc1. The lowest BCUT2D eigenvalue weighted by atomic mass is 9.80. The van der Waals surface area contributed by atoms with Crippen molar-refractivity contribution < 1.29 is 32.5 Å². The maximum Gasteiger partial charge on any atom is 0.263 e. The molecule has 0 unspecified atom stereocenters. The second-order valence-electron chi connectivity index (χ2n) is 12.2. The van der Waals surface area contributed by atoms with E-state index >= 15 is 0 Å². The number of hydrogen-bond acceptors (Lipinski definition) is 10. The molecule has 0 bridgehead atoms. The second-order valence-corrected chi connectivity index (χ2v) is 13.9. The number of rotatable bonds is 12. The first-order valence-corrected chi connectivity index (χ1v) is 17.8. The van der Waals surface area contributed by atoms with E-state index in [2.05, 4.69) is 19.7 Å². The summed E-state index contributed by atoms with van der Waals surface area (Å²) in [6, 6.07) is 31.8. The van der Waals surface area contributed by atoms with Crippen molar-refractivity contribution in [3.63, 3.8) is 0 Å². The predicted octanol–water partition coefficient (Wildman–Crippen LogP) is 5.61. The van der Waals surface area contributed by atoms with Gasteiger partial charge in [-0.15, -0.1) is 0 Å². The Hall–Kier alpha value is -5.34. The largest absolute Gasteiger partial charge is 0.497 e. The van der Waals surface area contributed by atoms with Gasteiger partial charge in [-0.3, -0.25) is 9.29 Å². The molecule has 0 radical (unpaired) electrons. The van der Waals surface area contributed by atoms with E-state index in [4.69, 9.17) is 18.9 Å². The summed E-state index contributed by atoms with van der Waals surface area (Å²) in [5.41, 5.74) is 3.00. The maximum atomic E-state index is 13.1. The minimum atomic E-state index is -3.94. The molecule has 2 aromatic heterocycles. The van der Waals surface area contributed by atoms with E-state index in [0.29, 0.717) is 17.1 Å². The summed E-state index contributed by atoms with van der Waals surface area (Å²) in [6.07, 6.45) is 0.701. The van der Waals surface area contributed by atoms with E-state index in [1.165, 1.54) is 24.8 Å². The molecule has 3 atom stereocenters. The van der Waals surface area contributed by atoms with Crippen LogP contribution in [0.1, 0.15) is 34.9 Å². The van der Waals surface area contributed by atoms with Crippen LogP contribution in [0.25, 0.3) is 11.2 Å². The Morgan fingerprint density at radius 1 is 0.843 bits per heavy atom. The third-order valence-corrected chi connectivity index (χ3v) is 10.4. The highest BCUT2D eigenvalue weighted by Crippen LogP contribution is 2.43. The molecule has 6 aromatic rings. The standard InChI is InChI=1S/C38H37N5O7S/c1-25-9-19-31(20-10-25)51(45,46)42-36-35-37(40-23-39-36)43(24-41-35)34-21-32(44)33(50-34)22-49-38(26-7-5-4-6-8-26,27-11-15-29(47-2)16-12-27)28-13-17-30(48-3)18-14-28/h4-20,23-24,32-34,44H,21-22H2,1-3H3,(H,39,40,42)/t32-,33+,34+/m0/s1. The number of imidazole rings is 1. The Balaban J connectivity index is 1.18. The molecule has 262 valence electrons. The average Bonchev–Trinajstić information content (AvgIpc) is 3.76. The molecule has 1 aliphatic rings. The average molecular weight is 708 g/mol. The zero-order chi connectivity index (χ0) is 35.6. The molecule has 1 saturated heterocycles. The van der Waals surface area contributed by atoms with Gasteiger partial charge < -0.3 is 24.1 Å². The number of aliphatic hydroxyl groups is 1. The number of methoxy groups -OCH3 is 2. The molecule has 13 heteroatoms. The van der Waals surface area contributed by atoms with Gasteiger partial charge in [0.15, 0.2) is 17.0 Å². The fraction of sp³-hybridized carbons (Fsp3) is 0.237. The van der Waals surface area contributed by atoms with Crippen LogP contribution in [-0.4, -0.2) is 66.1 Å². The fourth-order valence-electron chi connectivity index (χ4n) is 6.36. The van der Waals surface area contributed by atoms with Gasteiger partial charge in [0, 0.05) is 6.42 Å². The third kappa shape index (κ3) is 6.64. The van der Waals surface area contributed by atoms with E-state index in [-0.39, 0.29) is 29.3 Å². The Labute approximate surface area is 295 Å². The molecule has 0 aliphatic carbocycles. The lowest BCUT2D eigenvalue weighted by molar-refractivity contribution is -0.0931. The van der Waals surface area contributed by atoms with E-state index in [1.807, 2.05) is 85.8 Å². The molecular formula is C38H37N5O7S. The van der Waals surface area contributed by atoms with E-state index in [1.54, 1.807) is 30.9 Å². The summed E-state index contributed by atoms with van der Waals surface area (Å²) >= 11 is 0. The molecule has 2 N–H and O–H groups in total. The van der Waals surface area contributed by atoms with Gasteiger partial charge in [-0.25, -0.2) is 23.4 Å². The van der Waals surface area contributed by atoms with Gasteiger partial charge >= 0.3 is 0 Å². The predicted molar refractivity (Wildman–Crippen MR) is 190 cm³/mol. The Bertz CT molecular complexity index is 2160. The number of aromatic nitrogens is 4. The molecule has 0 saturated carbocycles. The number of fused-ring (bicyclic) bond motifs is 1. The molecular weight excluding hydrogens is 671 g/mol. The summed E-state index contributed by atoms with van der Waals surface area (Å²) in [5.74, 6) is 1.44. The van der Waals surface area contributed by atoms with Crippen LogP contribution in [0.4, 0.5) is 5.82 Å². The molecule has 1 aliphatic heterocycles. The van der Waals surface area contributed by atoms with Gasteiger partial charge in [-0.1, -0.05) is 72.3 Å². The first-order valence-electron chi connectivity index (χ1n) is 16.3. The highest BCUT2D eigenvalue weighted by molar-refractivity contribution is 7.92. The number of benzene rings is 4. The summed E-state index contributed by atoms with van der Waals surface area (Å²) < 4.78 is 54.8. The van der Waals surface area contributed by atoms with Gasteiger partial charge in [-0.2, -0.15) is 0 Å². The maximum absolute atomic E-state index is 13.1. The van der Waals surface area contributed by atoms with Crippen LogP contribution in [0.5, 0.6) is 11.5 Å². The van der Waals surface area contributed by atoms with Crippen molar-refractivity contribution >= 4 is 27.0 Å². The molecule has 0 spiro atoms. The van der Waals surface area contributed by atoms with Crippen LogP contribution in [0.3, 0.4) is 0 Å². The van der Waals surface area contributed by atoms with E-state index in [0.717, 1.165) is 22.3 Å². The normalized spacial score (nSPS) is 17.8. The summed E-state index contributed by atoms with van der Waals surface area (Å²) in [6.45, 7) is 1.90. The number of anilines is 1.